The summed E-state index contributed by atoms with van der Waals surface area (Å²) < 4.78 is 7.65. The lowest BCUT2D eigenvalue weighted by Crippen LogP contribution is -2.11. The smallest absolute Gasteiger partial charge is 0.166 e. The van der Waals surface area contributed by atoms with E-state index < -0.39 is 0 Å². The van der Waals surface area contributed by atoms with Gasteiger partial charge in [0.25, 0.3) is 0 Å². The van der Waals surface area contributed by atoms with Gasteiger partial charge in [0.15, 0.2) is 17.3 Å². The van der Waals surface area contributed by atoms with E-state index in [4.69, 9.17) is 14.7 Å². The third kappa shape index (κ3) is 4.80. The van der Waals surface area contributed by atoms with Gasteiger partial charge >= 0.3 is 0 Å². The monoisotopic (exact) mass is 418 g/mol. The lowest BCUT2D eigenvalue weighted by molar-refractivity contribution is 0.187. The van der Waals surface area contributed by atoms with E-state index >= 15 is 0 Å². The molecule has 1 unspecified atom stereocenters. The van der Waals surface area contributed by atoms with Crippen molar-refractivity contribution in [2.75, 3.05) is 25.1 Å². The molecule has 8 heteroatoms. The Morgan fingerprint density at radius 1 is 1.35 bits per heavy atom. The van der Waals surface area contributed by atoms with Gasteiger partial charge in [-0.05, 0) is 55.8 Å². The zero-order chi connectivity index (χ0) is 21.6. The van der Waals surface area contributed by atoms with E-state index in [0.717, 1.165) is 41.7 Å². The predicted molar refractivity (Wildman–Crippen MR) is 122 cm³/mol. The lowest BCUT2D eigenvalue weighted by Gasteiger charge is -2.12. The topological polar surface area (TPSA) is 97.5 Å². The van der Waals surface area contributed by atoms with Gasteiger partial charge in [0.2, 0.25) is 0 Å². The number of anilines is 1. The molecule has 160 valence electrons. The number of benzene rings is 1. The van der Waals surface area contributed by atoms with Crippen LogP contribution in [0.2, 0.25) is 0 Å². The first-order valence-electron chi connectivity index (χ1n) is 10.3. The SMILES string of the molecule is C=NC=CC=C(C)c1nc(NCCc2ccc(O)cc2)c2ncn(C3CCOC3)c2n1. The quantitative estimate of drug-likeness (QED) is 0.427. The first-order valence-corrected chi connectivity index (χ1v) is 10.3. The van der Waals surface area contributed by atoms with Crippen molar-refractivity contribution in [2.24, 2.45) is 4.99 Å². The Kier molecular flexibility index (Phi) is 6.37. The Labute approximate surface area is 181 Å². The zero-order valence-corrected chi connectivity index (χ0v) is 17.5. The molecule has 1 aliphatic heterocycles. The fraction of sp³-hybridized carbons (Fsp3) is 0.304. The Morgan fingerprint density at radius 2 is 2.19 bits per heavy atom. The molecule has 0 saturated carbocycles. The van der Waals surface area contributed by atoms with Crippen molar-refractivity contribution in [1.29, 1.82) is 0 Å². The maximum atomic E-state index is 9.46. The van der Waals surface area contributed by atoms with Gasteiger partial charge in [0, 0.05) is 19.4 Å². The molecule has 0 spiro atoms. The number of nitrogens with one attached hydrogen (secondary N) is 1. The summed E-state index contributed by atoms with van der Waals surface area (Å²) in [5, 5.41) is 12.9. The number of ether oxygens (including phenoxy) is 1. The molecule has 1 atom stereocenters. The summed E-state index contributed by atoms with van der Waals surface area (Å²) in [5.41, 5.74) is 3.59. The van der Waals surface area contributed by atoms with Gasteiger partial charge in [-0.1, -0.05) is 18.2 Å². The minimum absolute atomic E-state index is 0.228. The van der Waals surface area contributed by atoms with E-state index in [1.807, 2.05) is 37.5 Å². The van der Waals surface area contributed by atoms with Crippen molar-refractivity contribution in [3.63, 3.8) is 0 Å². The molecule has 0 aliphatic carbocycles. The number of hydrogen-bond acceptors (Lipinski definition) is 7. The average Bonchev–Trinajstić information content (AvgIpc) is 3.44. The zero-order valence-electron chi connectivity index (χ0n) is 17.5. The average molecular weight is 419 g/mol. The normalized spacial score (nSPS) is 16.9. The molecule has 4 rings (SSSR count). The number of aromatic nitrogens is 4. The number of aromatic hydroxyl groups is 1. The highest BCUT2D eigenvalue weighted by atomic mass is 16.5. The fourth-order valence-corrected chi connectivity index (χ4v) is 3.54. The number of phenolic OH excluding ortho intramolecular Hbond substituents is 1. The van der Waals surface area contributed by atoms with Crippen LogP contribution < -0.4 is 5.32 Å². The van der Waals surface area contributed by atoms with Gasteiger partial charge in [0.1, 0.15) is 11.3 Å². The first kappa shape index (κ1) is 20.7. The number of phenols is 1. The molecule has 1 fully saturated rings. The predicted octanol–water partition coefficient (Wildman–Crippen LogP) is 3.77. The van der Waals surface area contributed by atoms with Crippen molar-refractivity contribution < 1.29 is 9.84 Å². The van der Waals surface area contributed by atoms with E-state index in [0.29, 0.717) is 24.8 Å². The minimum atomic E-state index is 0.228. The maximum Gasteiger partial charge on any atom is 0.166 e. The molecule has 0 bridgehead atoms. The second kappa shape index (κ2) is 9.53. The lowest BCUT2D eigenvalue weighted by atomic mass is 10.1. The van der Waals surface area contributed by atoms with Gasteiger partial charge in [-0.2, -0.15) is 0 Å². The van der Waals surface area contributed by atoms with E-state index in [-0.39, 0.29) is 11.8 Å². The molecule has 2 aromatic heterocycles. The van der Waals surface area contributed by atoms with E-state index in [9.17, 15) is 5.11 Å². The molecule has 1 aromatic carbocycles. The molecule has 3 aromatic rings. The summed E-state index contributed by atoms with van der Waals surface area (Å²) in [4.78, 5) is 17.9. The van der Waals surface area contributed by atoms with Crippen LogP contribution in [0.15, 0.2) is 53.9 Å². The van der Waals surface area contributed by atoms with Gasteiger partial charge in [-0.25, -0.2) is 15.0 Å². The standard InChI is InChI=1S/C23H26N6O2/c1-16(4-3-11-24-2)21-27-22(25-12-9-17-5-7-19(30)8-6-17)20-23(28-21)29(15-26-20)18-10-13-31-14-18/h3-8,11,15,18,30H,2,9-10,12-14H2,1H3,(H,25,27,28). The second-order valence-electron chi connectivity index (χ2n) is 7.45. The largest absolute Gasteiger partial charge is 0.508 e. The van der Waals surface area contributed by atoms with Crippen molar-refractivity contribution in [1.82, 2.24) is 19.5 Å². The number of fused-ring (bicyclic) bond motifs is 1. The third-order valence-corrected chi connectivity index (χ3v) is 5.25. The molecule has 3 heterocycles. The van der Waals surface area contributed by atoms with Gasteiger partial charge in [-0.3, -0.25) is 4.99 Å². The third-order valence-electron chi connectivity index (χ3n) is 5.25. The maximum absolute atomic E-state index is 9.46. The Morgan fingerprint density at radius 3 is 2.94 bits per heavy atom. The van der Waals surface area contributed by atoms with E-state index in [1.54, 1.807) is 18.3 Å². The summed E-state index contributed by atoms with van der Waals surface area (Å²) in [6, 6.07) is 7.45. The summed E-state index contributed by atoms with van der Waals surface area (Å²) in [7, 11) is 0. The fourth-order valence-electron chi connectivity index (χ4n) is 3.54. The van der Waals surface area contributed by atoms with Crippen molar-refractivity contribution in [3.05, 3.63) is 60.3 Å². The highest BCUT2D eigenvalue weighted by Gasteiger charge is 2.22. The molecular formula is C23H26N6O2. The van der Waals surface area contributed by atoms with Crippen LogP contribution in [0, 0.1) is 0 Å². The van der Waals surface area contributed by atoms with Crippen LogP contribution in [-0.2, 0) is 11.2 Å². The van der Waals surface area contributed by atoms with Crippen molar-refractivity contribution in [2.45, 2.75) is 25.8 Å². The van der Waals surface area contributed by atoms with Crippen LogP contribution in [0.1, 0.15) is 30.8 Å². The molecule has 0 radical (unpaired) electrons. The highest BCUT2D eigenvalue weighted by molar-refractivity contribution is 5.84. The summed E-state index contributed by atoms with van der Waals surface area (Å²) in [6.07, 6.45) is 8.91. The Bertz CT molecular complexity index is 1110. The first-order chi connectivity index (χ1) is 15.2. The second-order valence-corrected chi connectivity index (χ2v) is 7.45. The number of aliphatic imine (C=N–C) groups is 1. The molecular weight excluding hydrogens is 392 g/mol. The molecule has 1 saturated heterocycles. The molecule has 2 N–H and O–H groups in total. The van der Waals surface area contributed by atoms with Crippen molar-refractivity contribution >= 4 is 29.3 Å². The molecule has 8 nitrogen and oxygen atoms in total. The Hall–Kier alpha value is -3.52. The van der Waals surface area contributed by atoms with Crippen LogP contribution in [0.5, 0.6) is 5.75 Å². The van der Waals surface area contributed by atoms with Crippen LogP contribution in [-0.4, -0.2) is 51.1 Å². The Balaban J connectivity index is 1.64. The van der Waals surface area contributed by atoms with Gasteiger partial charge in [-0.15, -0.1) is 0 Å². The van der Waals surface area contributed by atoms with E-state index in [1.165, 1.54) is 0 Å². The van der Waals surface area contributed by atoms with Gasteiger partial charge in [0.05, 0.1) is 19.0 Å². The molecule has 31 heavy (non-hydrogen) atoms. The van der Waals surface area contributed by atoms with Crippen LogP contribution in [0.4, 0.5) is 5.82 Å². The number of imidazole rings is 1. The minimum Gasteiger partial charge on any atom is -0.508 e. The van der Waals surface area contributed by atoms with Crippen LogP contribution in [0.25, 0.3) is 16.7 Å². The van der Waals surface area contributed by atoms with E-state index in [2.05, 4.69) is 26.6 Å². The summed E-state index contributed by atoms with van der Waals surface area (Å²) in [5.74, 6) is 1.60. The van der Waals surface area contributed by atoms with Crippen LogP contribution >= 0.6 is 0 Å². The summed E-state index contributed by atoms with van der Waals surface area (Å²) >= 11 is 0. The molecule has 0 amide bonds. The van der Waals surface area contributed by atoms with Crippen molar-refractivity contribution in [3.8, 4) is 5.75 Å². The highest BCUT2D eigenvalue weighted by Crippen LogP contribution is 2.27. The molecule has 1 aliphatic rings. The van der Waals surface area contributed by atoms with Gasteiger partial charge < -0.3 is 19.7 Å². The summed E-state index contributed by atoms with van der Waals surface area (Å²) in [6.45, 7) is 7.51. The number of allylic oxidation sites excluding steroid dienone is 3. The number of rotatable bonds is 8. The number of nitrogens with zero attached hydrogens (tertiary/aromatic N) is 5. The van der Waals surface area contributed by atoms with Crippen LogP contribution in [0.3, 0.4) is 0 Å². The number of hydrogen-bond donors (Lipinski definition) is 2.